The number of carbonyl (C=O) groups is 3. The number of carboxylic acid groups (broad SMARTS) is 1. The summed E-state index contributed by atoms with van der Waals surface area (Å²) < 4.78 is 16.9. The van der Waals surface area contributed by atoms with Crippen LogP contribution in [0.1, 0.15) is 90.9 Å². The molecule has 0 rings (SSSR count). The minimum absolute atomic E-state index is 0.00830. The molecule has 45 heavy (non-hydrogen) atoms. The van der Waals surface area contributed by atoms with Gasteiger partial charge in [-0.2, -0.15) is 0 Å². The summed E-state index contributed by atoms with van der Waals surface area (Å²) in [7, 11) is 5.45. The highest BCUT2D eigenvalue weighted by Gasteiger charge is 2.31. The van der Waals surface area contributed by atoms with Gasteiger partial charge < -0.3 is 23.8 Å². The summed E-state index contributed by atoms with van der Waals surface area (Å²) >= 11 is 0. The van der Waals surface area contributed by atoms with Gasteiger partial charge in [-0.1, -0.05) is 86.8 Å². The highest BCUT2D eigenvalue weighted by Crippen LogP contribution is 2.10. The number of hydrogen-bond donors (Lipinski definition) is 1. The summed E-state index contributed by atoms with van der Waals surface area (Å²) in [6.07, 6.45) is 32.8. The smallest absolute Gasteiger partial charge is 0.362 e. The van der Waals surface area contributed by atoms with Crippen LogP contribution in [-0.2, 0) is 28.6 Å². The van der Waals surface area contributed by atoms with E-state index in [2.05, 4.69) is 68.5 Å². The van der Waals surface area contributed by atoms with Gasteiger partial charge in [0.2, 0.25) is 0 Å². The van der Waals surface area contributed by atoms with Gasteiger partial charge in [-0.05, 0) is 57.8 Å². The lowest BCUT2D eigenvalue weighted by Crippen LogP contribution is -2.50. The van der Waals surface area contributed by atoms with Crippen molar-refractivity contribution in [1.82, 2.24) is 0 Å². The summed E-state index contributed by atoms with van der Waals surface area (Å²) in [6.45, 7) is 4.29. The molecule has 0 fully saturated rings. The van der Waals surface area contributed by atoms with Gasteiger partial charge in [0.1, 0.15) is 6.61 Å². The molecule has 2 unspecified atom stereocenters. The second-order valence-electron chi connectivity index (χ2n) is 11.7. The third-order valence-corrected chi connectivity index (χ3v) is 6.63. The third-order valence-electron chi connectivity index (χ3n) is 6.63. The van der Waals surface area contributed by atoms with Crippen molar-refractivity contribution >= 4 is 17.9 Å². The molecular weight excluding hydrogens is 570 g/mol. The van der Waals surface area contributed by atoms with Crippen molar-refractivity contribution in [2.45, 2.75) is 103 Å². The Labute approximate surface area is 272 Å². The second-order valence-corrected chi connectivity index (χ2v) is 11.7. The van der Waals surface area contributed by atoms with E-state index in [1.807, 2.05) is 33.3 Å². The molecule has 2 atom stereocenters. The van der Waals surface area contributed by atoms with Gasteiger partial charge >= 0.3 is 17.9 Å². The summed E-state index contributed by atoms with van der Waals surface area (Å²) in [4.78, 5) is 36.5. The van der Waals surface area contributed by atoms with Crippen LogP contribution in [0.5, 0.6) is 0 Å². The van der Waals surface area contributed by atoms with Gasteiger partial charge in [-0.15, -0.1) is 0 Å². The van der Waals surface area contributed by atoms with Crippen molar-refractivity contribution in [3.05, 3.63) is 72.9 Å². The summed E-state index contributed by atoms with van der Waals surface area (Å²) in [6, 6.07) is -0.634. The van der Waals surface area contributed by atoms with Crippen molar-refractivity contribution < 1.29 is 38.2 Å². The zero-order valence-corrected chi connectivity index (χ0v) is 28.5. The van der Waals surface area contributed by atoms with Crippen molar-refractivity contribution in [1.29, 1.82) is 0 Å². The van der Waals surface area contributed by atoms with Crippen LogP contribution in [0.15, 0.2) is 72.9 Å². The SMILES string of the molecule is CC/C=C/C/C=C/C/C=C/CCCCC(=O)OCC(COCCC(C(=O)O)[N+](C)(C)C)OC(=O)C/C=C/C/C=C/C/C=C/CC. The number of aliphatic carboxylic acids is 1. The van der Waals surface area contributed by atoms with Gasteiger partial charge in [0, 0.05) is 12.8 Å². The Morgan fingerprint density at radius 2 is 1.22 bits per heavy atom. The number of carbonyl (C=O) groups excluding carboxylic acids is 2. The molecule has 8 heteroatoms. The number of hydrogen-bond acceptors (Lipinski definition) is 6. The molecule has 8 nitrogen and oxygen atoms in total. The largest absolute Gasteiger partial charge is 0.477 e. The minimum atomic E-state index is -0.898. The first kappa shape index (κ1) is 41.8. The molecular formula is C37H60NO7+. The van der Waals surface area contributed by atoms with E-state index in [0.29, 0.717) is 12.8 Å². The number of carboxylic acids is 1. The van der Waals surface area contributed by atoms with E-state index in [0.717, 1.165) is 51.4 Å². The fourth-order valence-electron chi connectivity index (χ4n) is 4.11. The van der Waals surface area contributed by atoms with Gasteiger partial charge in [-0.3, -0.25) is 9.59 Å². The van der Waals surface area contributed by atoms with Gasteiger partial charge in [0.25, 0.3) is 0 Å². The molecule has 0 aliphatic rings. The maximum absolute atomic E-state index is 12.5. The van der Waals surface area contributed by atoms with Gasteiger partial charge in [-0.25, -0.2) is 4.79 Å². The van der Waals surface area contributed by atoms with Crippen molar-refractivity contribution in [2.75, 3.05) is 41.0 Å². The third kappa shape index (κ3) is 26.9. The first-order valence-electron chi connectivity index (χ1n) is 16.5. The van der Waals surface area contributed by atoms with Crippen LogP contribution in [0.3, 0.4) is 0 Å². The summed E-state index contributed by atoms with van der Waals surface area (Å²) in [5, 5.41) is 9.53. The lowest BCUT2D eigenvalue weighted by Gasteiger charge is -2.31. The maximum atomic E-state index is 12.5. The highest BCUT2D eigenvalue weighted by molar-refractivity contribution is 5.72. The van der Waals surface area contributed by atoms with Gasteiger partial charge in [0.15, 0.2) is 12.1 Å². The summed E-state index contributed by atoms with van der Waals surface area (Å²) in [5.74, 6) is -1.69. The normalized spacial score (nSPS) is 14.1. The molecule has 0 amide bonds. The Kier molecular flexibility index (Phi) is 26.2. The standard InChI is InChI=1S/C37H59NO7/c1-6-8-10-12-14-16-17-18-20-21-23-25-27-35(39)44-32-33(31-43-30-29-34(37(41)42)38(3,4)5)45-36(40)28-26-24-22-19-15-13-11-9-7-2/h8-11,14-16,18-20,24,26,33-34H,6-7,12-13,17,21-23,25,27-32H2,1-5H3/p+1/b10-8+,11-9+,16-14+,19-15+,20-18+,26-24+. The molecule has 0 bridgehead atoms. The van der Waals surface area contributed by atoms with E-state index in [-0.39, 0.29) is 43.1 Å². The van der Waals surface area contributed by atoms with E-state index in [1.54, 1.807) is 6.08 Å². The number of allylic oxidation sites excluding steroid dienone is 11. The van der Waals surface area contributed by atoms with Crippen LogP contribution in [-0.4, -0.2) is 80.6 Å². The number of unbranched alkanes of at least 4 members (excludes halogenated alkanes) is 2. The summed E-state index contributed by atoms with van der Waals surface area (Å²) in [5.41, 5.74) is 0. The predicted octanol–water partition coefficient (Wildman–Crippen LogP) is 7.68. The molecule has 0 aromatic heterocycles. The maximum Gasteiger partial charge on any atom is 0.362 e. The lowest BCUT2D eigenvalue weighted by molar-refractivity contribution is -0.887. The van der Waals surface area contributed by atoms with Crippen LogP contribution in [0.4, 0.5) is 0 Å². The molecule has 0 heterocycles. The average Bonchev–Trinajstić information content (AvgIpc) is 2.98. The van der Waals surface area contributed by atoms with E-state index < -0.39 is 24.1 Å². The van der Waals surface area contributed by atoms with E-state index in [4.69, 9.17) is 14.2 Å². The Hall–Kier alpha value is -3.23. The first-order chi connectivity index (χ1) is 21.6. The van der Waals surface area contributed by atoms with Crippen LogP contribution >= 0.6 is 0 Å². The molecule has 0 radical (unpaired) electrons. The molecule has 0 spiro atoms. The molecule has 0 aromatic rings. The Balaban J connectivity index is 4.67. The first-order valence-corrected chi connectivity index (χ1v) is 16.5. The number of likely N-dealkylation sites (N-methyl/N-ethyl adjacent to an activating group) is 1. The van der Waals surface area contributed by atoms with E-state index in [1.165, 1.54) is 0 Å². The molecule has 0 saturated heterocycles. The number of rotatable bonds is 27. The van der Waals surface area contributed by atoms with Crippen LogP contribution in [0.25, 0.3) is 0 Å². The van der Waals surface area contributed by atoms with Crippen molar-refractivity contribution in [3.63, 3.8) is 0 Å². The Morgan fingerprint density at radius 1 is 0.689 bits per heavy atom. The molecule has 0 aliphatic carbocycles. The monoisotopic (exact) mass is 630 g/mol. The molecule has 0 aromatic carbocycles. The zero-order chi connectivity index (χ0) is 33.6. The Bertz CT molecular complexity index is 970. The van der Waals surface area contributed by atoms with Gasteiger partial charge in [0.05, 0.1) is 40.8 Å². The zero-order valence-electron chi connectivity index (χ0n) is 28.5. The average molecular weight is 631 g/mol. The fraction of sp³-hybridized carbons (Fsp3) is 0.595. The van der Waals surface area contributed by atoms with Crippen molar-refractivity contribution in [3.8, 4) is 0 Å². The van der Waals surface area contributed by atoms with Crippen LogP contribution in [0, 0.1) is 0 Å². The number of ether oxygens (including phenoxy) is 3. The highest BCUT2D eigenvalue weighted by atomic mass is 16.6. The molecule has 0 saturated carbocycles. The molecule has 0 aliphatic heterocycles. The lowest BCUT2D eigenvalue weighted by atomic mass is 10.1. The Morgan fingerprint density at radius 3 is 1.76 bits per heavy atom. The van der Waals surface area contributed by atoms with E-state index in [9.17, 15) is 19.5 Å². The van der Waals surface area contributed by atoms with Crippen LogP contribution < -0.4 is 0 Å². The topological polar surface area (TPSA) is 99.1 Å². The minimum Gasteiger partial charge on any atom is -0.477 e. The molecule has 254 valence electrons. The van der Waals surface area contributed by atoms with E-state index >= 15 is 0 Å². The number of quaternary nitrogens is 1. The second kappa shape index (κ2) is 28.3. The molecule has 1 N–H and O–H groups in total. The van der Waals surface area contributed by atoms with Crippen molar-refractivity contribution in [2.24, 2.45) is 0 Å². The quantitative estimate of drug-likeness (QED) is 0.0430. The van der Waals surface area contributed by atoms with Crippen LogP contribution in [0.2, 0.25) is 0 Å². The predicted molar refractivity (Wildman–Crippen MR) is 183 cm³/mol. The number of nitrogens with zero attached hydrogens (tertiary/aromatic N) is 1. The number of esters is 2. The fourth-order valence-corrected chi connectivity index (χ4v) is 4.11.